The van der Waals surface area contributed by atoms with Gasteiger partial charge >= 0.3 is 0 Å². The van der Waals surface area contributed by atoms with Crippen LogP contribution in [0.1, 0.15) is 16.1 Å². The van der Waals surface area contributed by atoms with Crippen molar-refractivity contribution >= 4 is 17.5 Å². The molecule has 0 aliphatic heterocycles. The summed E-state index contributed by atoms with van der Waals surface area (Å²) in [6.45, 7) is 3.05. The highest BCUT2D eigenvalue weighted by atomic mass is 35.5. The number of pyridine rings is 1. The number of halogens is 1. The Morgan fingerprint density at radius 3 is 2.83 bits per heavy atom. The van der Waals surface area contributed by atoms with Crippen LogP contribution in [0.4, 0.5) is 0 Å². The van der Waals surface area contributed by atoms with Crippen LogP contribution in [0.25, 0.3) is 11.3 Å². The molecule has 1 aromatic carbocycles. The molecule has 0 fully saturated rings. The quantitative estimate of drug-likeness (QED) is 0.775. The maximum atomic E-state index is 12.1. The number of nitrogens with zero attached hydrogens (tertiary/aromatic N) is 3. The second kappa shape index (κ2) is 7.27. The van der Waals surface area contributed by atoms with E-state index in [0.29, 0.717) is 23.7 Å². The lowest BCUT2D eigenvalue weighted by Gasteiger charge is -2.08. The van der Waals surface area contributed by atoms with Crippen molar-refractivity contribution in [2.45, 2.75) is 13.5 Å². The standard InChI is InChI=1S/C18H17ClN4O/c1-13-11-17(14-5-4-8-20-12-14)22-23(13)10-9-21-18(24)15-6-2-3-7-16(15)19/h2-8,11-12H,9-10H2,1H3,(H,21,24). The Kier molecular flexibility index (Phi) is 4.91. The highest BCUT2D eigenvalue weighted by molar-refractivity contribution is 6.33. The number of rotatable bonds is 5. The Balaban J connectivity index is 1.62. The number of benzene rings is 1. The fourth-order valence-corrected chi connectivity index (χ4v) is 2.63. The van der Waals surface area contributed by atoms with Crippen LogP contribution >= 0.6 is 11.6 Å². The smallest absolute Gasteiger partial charge is 0.252 e. The molecule has 0 aliphatic rings. The van der Waals surface area contributed by atoms with Crippen molar-refractivity contribution in [3.05, 3.63) is 71.1 Å². The van der Waals surface area contributed by atoms with E-state index in [1.165, 1.54) is 0 Å². The van der Waals surface area contributed by atoms with Gasteiger partial charge in [-0.15, -0.1) is 0 Å². The Labute approximate surface area is 145 Å². The van der Waals surface area contributed by atoms with E-state index in [1.54, 1.807) is 36.7 Å². The molecule has 0 bridgehead atoms. The Hall–Kier alpha value is -2.66. The molecule has 3 aromatic rings. The van der Waals surface area contributed by atoms with Gasteiger partial charge in [-0.3, -0.25) is 14.5 Å². The van der Waals surface area contributed by atoms with Gasteiger partial charge in [0.15, 0.2) is 0 Å². The number of aromatic nitrogens is 3. The van der Waals surface area contributed by atoms with E-state index in [2.05, 4.69) is 15.4 Å². The fourth-order valence-electron chi connectivity index (χ4n) is 2.41. The normalized spacial score (nSPS) is 10.6. The zero-order valence-corrected chi connectivity index (χ0v) is 14.0. The summed E-state index contributed by atoms with van der Waals surface area (Å²) in [4.78, 5) is 16.2. The van der Waals surface area contributed by atoms with Crippen LogP contribution in [0.5, 0.6) is 0 Å². The molecule has 122 valence electrons. The topological polar surface area (TPSA) is 59.8 Å². The first-order valence-corrected chi connectivity index (χ1v) is 8.00. The second-order valence-electron chi connectivity index (χ2n) is 5.37. The third-order valence-electron chi connectivity index (χ3n) is 3.67. The summed E-state index contributed by atoms with van der Waals surface area (Å²) in [5, 5.41) is 7.88. The molecule has 1 amide bonds. The van der Waals surface area contributed by atoms with E-state index in [0.717, 1.165) is 17.0 Å². The van der Waals surface area contributed by atoms with Crippen LogP contribution in [0.3, 0.4) is 0 Å². The molecule has 2 heterocycles. The van der Waals surface area contributed by atoms with Gasteiger partial charge in [0, 0.05) is 30.2 Å². The summed E-state index contributed by atoms with van der Waals surface area (Å²) >= 11 is 6.03. The average Bonchev–Trinajstić information content (AvgIpc) is 2.97. The summed E-state index contributed by atoms with van der Waals surface area (Å²) in [5.41, 5.74) is 3.35. The molecule has 24 heavy (non-hydrogen) atoms. The maximum absolute atomic E-state index is 12.1. The molecule has 0 saturated heterocycles. The highest BCUT2D eigenvalue weighted by Crippen LogP contribution is 2.17. The lowest BCUT2D eigenvalue weighted by atomic mass is 10.2. The minimum atomic E-state index is -0.183. The lowest BCUT2D eigenvalue weighted by molar-refractivity contribution is 0.0952. The minimum Gasteiger partial charge on any atom is -0.350 e. The van der Waals surface area contributed by atoms with Crippen LogP contribution in [0, 0.1) is 6.92 Å². The number of carbonyl (C=O) groups is 1. The van der Waals surface area contributed by atoms with Crippen LogP contribution in [0.2, 0.25) is 5.02 Å². The predicted molar refractivity (Wildman–Crippen MR) is 94.0 cm³/mol. The van der Waals surface area contributed by atoms with Crippen molar-refractivity contribution in [1.82, 2.24) is 20.1 Å². The molecule has 0 spiro atoms. The minimum absolute atomic E-state index is 0.183. The van der Waals surface area contributed by atoms with Crippen LogP contribution < -0.4 is 5.32 Å². The zero-order chi connectivity index (χ0) is 16.9. The van der Waals surface area contributed by atoms with Gasteiger partial charge in [0.1, 0.15) is 0 Å². The van der Waals surface area contributed by atoms with Crippen LogP contribution in [-0.4, -0.2) is 27.2 Å². The molecule has 0 aliphatic carbocycles. The molecule has 0 atom stereocenters. The van der Waals surface area contributed by atoms with Crippen molar-refractivity contribution < 1.29 is 4.79 Å². The average molecular weight is 341 g/mol. The third kappa shape index (κ3) is 3.63. The molecule has 0 saturated carbocycles. The van der Waals surface area contributed by atoms with E-state index in [-0.39, 0.29) is 5.91 Å². The zero-order valence-electron chi connectivity index (χ0n) is 13.2. The van der Waals surface area contributed by atoms with Crippen LogP contribution in [-0.2, 0) is 6.54 Å². The largest absolute Gasteiger partial charge is 0.350 e. The summed E-state index contributed by atoms with van der Waals surface area (Å²) in [6, 6.07) is 12.9. The molecule has 0 unspecified atom stereocenters. The first kappa shape index (κ1) is 16.2. The van der Waals surface area contributed by atoms with E-state index in [4.69, 9.17) is 11.6 Å². The van der Waals surface area contributed by atoms with E-state index >= 15 is 0 Å². The predicted octanol–water partition coefficient (Wildman–Crippen LogP) is 3.34. The first-order valence-electron chi connectivity index (χ1n) is 7.63. The van der Waals surface area contributed by atoms with Gasteiger partial charge in [-0.25, -0.2) is 0 Å². The molecule has 3 rings (SSSR count). The van der Waals surface area contributed by atoms with Crippen molar-refractivity contribution in [3.8, 4) is 11.3 Å². The first-order chi connectivity index (χ1) is 11.6. The molecule has 6 heteroatoms. The van der Waals surface area contributed by atoms with Gasteiger partial charge in [0.25, 0.3) is 5.91 Å². The second-order valence-corrected chi connectivity index (χ2v) is 5.78. The molecule has 2 aromatic heterocycles. The van der Waals surface area contributed by atoms with Crippen molar-refractivity contribution in [2.75, 3.05) is 6.54 Å². The van der Waals surface area contributed by atoms with Gasteiger partial charge in [-0.1, -0.05) is 23.7 Å². The lowest BCUT2D eigenvalue weighted by Crippen LogP contribution is -2.28. The summed E-state index contributed by atoms with van der Waals surface area (Å²) in [5.74, 6) is -0.183. The van der Waals surface area contributed by atoms with E-state index in [9.17, 15) is 4.79 Å². The number of hydrogen-bond donors (Lipinski definition) is 1. The molecule has 0 radical (unpaired) electrons. The van der Waals surface area contributed by atoms with Gasteiger partial charge in [-0.2, -0.15) is 5.10 Å². The van der Waals surface area contributed by atoms with Crippen molar-refractivity contribution in [2.24, 2.45) is 0 Å². The number of carbonyl (C=O) groups excluding carboxylic acids is 1. The summed E-state index contributed by atoms with van der Waals surface area (Å²) in [6.07, 6.45) is 3.52. The van der Waals surface area contributed by atoms with E-state index in [1.807, 2.05) is 29.8 Å². The molecule has 5 nitrogen and oxygen atoms in total. The van der Waals surface area contributed by atoms with Crippen molar-refractivity contribution in [1.29, 1.82) is 0 Å². The third-order valence-corrected chi connectivity index (χ3v) is 4.00. The summed E-state index contributed by atoms with van der Waals surface area (Å²) < 4.78 is 1.87. The number of aryl methyl sites for hydroxylation is 1. The maximum Gasteiger partial charge on any atom is 0.252 e. The van der Waals surface area contributed by atoms with Crippen molar-refractivity contribution in [3.63, 3.8) is 0 Å². The molecular formula is C18H17ClN4O. The highest BCUT2D eigenvalue weighted by Gasteiger charge is 2.10. The number of amides is 1. The summed E-state index contributed by atoms with van der Waals surface area (Å²) in [7, 11) is 0. The molecule has 1 N–H and O–H groups in total. The number of hydrogen-bond acceptors (Lipinski definition) is 3. The number of nitrogens with one attached hydrogen (secondary N) is 1. The van der Waals surface area contributed by atoms with E-state index < -0.39 is 0 Å². The SMILES string of the molecule is Cc1cc(-c2cccnc2)nn1CCNC(=O)c1ccccc1Cl. The van der Waals surface area contributed by atoms with Gasteiger partial charge in [0.2, 0.25) is 0 Å². The molecular weight excluding hydrogens is 324 g/mol. The monoisotopic (exact) mass is 340 g/mol. The van der Waals surface area contributed by atoms with Gasteiger partial charge < -0.3 is 5.32 Å². The fraction of sp³-hybridized carbons (Fsp3) is 0.167. The van der Waals surface area contributed by atoms with Gasteiger partial charge in [0.05, 0.1) is 22.8 Å². The Morgan fingerprint density at radius 1 is 1.25 bits per heavy atom. The van der Waals surface area contributed by atoms with Gasteiger partial charge in [-0.05, 0) is 37.3 Å². The van der Waals surface area contributed by atoms with Crippen LogP contribution in [0.15, 0.2) is 54.9 Å². The Bertz CT molecular complexity index is 845. The Morgan fingerprint density at radius 2 is 2.08 bits per heavy atom.